The van der Waals surface area contributed by atoms with Crippen LogP contribution in [-0.4, -0.2) is 50.8 Å². The second-order valence-corrected chi connectivity index (χ2v) is 6.19. The summed E-state index contributed by atoms with van der Waals surface area (Å²) in [5.74, 6) is 0.675. The molecule has 0 spiro atoms. The molecule has 0 unspecified atom stereocenters. The van der Waals surface area contributed by atoms with Crippen molar-refractivity contribution in [1.29, 1.82) is 0 Å². The highest BCUT2D eigenvalue weighted by atomic mass is 16.5. The Bertz CT molecular complexity index is 1150. The lowest BCUT2D eigenvalue weighted by molar-refractivity contribution is 0.0947. The minimum Gasteiger partial charge on any atom is -0.493 e. The molecule has 0 atom stereocenters. The van der Waals surface area contributed by atoms with Crippen LogP contribution in [0.5, 0.6) is 11.5 Å². The van der Waals surface area contributed by atoms with Crippen LogP contribution < -0.4 is 20.5 Å². The lowest BCUT2D eigenvalue weighted by atomic mass is 10.2. The van der Waals surface area contributed by atoms with Gasteiger partial charge in [-0.05, 0) is 50.6 Å². The van der Waals surface area contributed by atoms with Crippen LogP contribution >= 0.6 is 0 Å². The summed E-state index contributed by atoms with van der Waals surface area (Å²) >= 11 is 0. The molecule has 2 aromatic heterocycles. The van der Waals surface area contributed by atoms with Crippen molar-refractivity contribution in [3.8, 4) is 17.4 Å². The van der Waals surface area contributed by atoms with Crippen molar-refractivity contribution >= 4 is 12.1 Å². The number of nitrogens with zero attached hydrogens (tertiary/aromatic N) is 5. The topological polar surface area (TPSA) is 136 Å². The first kappa shape index (κ1) is 20.7. The van der Waals surface area contributed by atoms with Gasteiger partial charge in [0.1, 0.15) is 11.4 Å². The minimum atomic E-state index is -0.534. The highest BCUT2D eigenvalue weighted by Crippen LogP contribution is 2.27. The molecule has 30 heavy (non-hydrogen) atoms. The second kappa shape index (κ2) is 8.99. The van der Waals surface area contributed by atoms with E-state index in [-0.39, 0.29) is 17.3 Å². The quantitative estimate of drug-likeness (QED) is 0.439. The van der Waals surface area contributed by atoms with Crippen molar-refractivity contribution < 1.29 is 14.3 Å². The number of rotatable bonds is 7. The van der Waals surface area contributed by atoms with Crippen LogP contribution in [0.3, 0.4) is 0 Å². The Morgan fingerprint density at radius 1 is 1.27 bits per heavy atom. The number of H-pyrrole nitrogens is 1. The van der Waals surface area contributed by atoms with Crippen molar-refractivity contribution in [2.24, 2.45) is 5.10 Å². The second-order valence-electron chi connectivity index (χ2n) is 6.19. The third kappa shape index (κ3) is 4.51. The monoisotopic (exact) mass is 411 g/mol. The van der Waals surface area contributed by atoms with Crippen molar-refractivity contribution in [3.05, 3.63) is 57.3 Å². The molecular weight excluding hydrogens is 390 g/mol. The molecule has 156 valence electrons. The Morgan fingerprint density at radius 2 is 2.07 bits per heavy atom. The maximum atomic E-state index is 12.6. The third-order valence-corrected chi connectivity index (χ3v) is 3.98. The molecule has 3 rings (SSSR count). The number of aromatic amines is 1. The number of carbonyl (C=O) groups excluding carboxylic acids is 1. The van der Waals surface area contributed by atoms with E-state index in [1.165, 1.54) is 17.8 Å². The summed E-state index contributed by atoms with van der Waals surface area (Å²) in [6.07, 6.45) is 1.47. The Balaban J connectivity index is 1.79. The normalized spacial score (nSPS) is 10.9. The Kier molecular flexibility index (Phi) is 6.20. The largest absolute Gasteiger partial charge is 0.493 e. The number of aryl methyl sites for hydroxylation is 2. The molecule has 2 N–H and O–H groups in total. The van der Waals surface area contributed by atoms with Crippen LogP contribution in [0.4, 0.5) is 0 Å². The van der Waals surface area contributed by atoms with E-state index in [9.17, 15) is 9.59 Å². The van der Waals surface area contributed by atoms with Gasteiger partial charge < -0.3 is 9.47 Å². The van der Waals surface area contributed by atoms with Gasteiger partial charge in [0.05, 0.1) is 25.6 Å². The number of hydrazone groups is 1. The summed E-state index contributed by atoms with van der Waals surface area (Å²) in [5, 5.41) is 15.8. The summed E-state index contributed by atoms with van der Waals surface area (Å²) in [6, 6.07) is 6.83. The van der Waals surface area contributed by atoms with Gasteiger partial charge in [-0.25, -0.2) is 5.43 Å². The summed E-state index contributed by atoms with van der Waals surface area (Å²) in [6.45, 7) is 5.64. The third-order valence-electron chi connectivity index (χ3n) is 3.98. The maximum absolute atomic E-state index is 12.6. The fourth-order valence-electron chi connectivity index (χ4n) is 2.56. The summed E-state index contributed by atoms with van der Waals surface area (Å²) < 4.78 is 12.0. The van der Waals surface area contributed by atoms with E-state index in [1.807, 2.05) is 6.92 Å². The molecule has 0 bridgehead atoms. The standard InChI is InChI=1S/C19H21N7O4/c1-5-30-15-7-6-13(9-16(15)29-4)10-20-23-18(28)14-8-11(2)25-26(14)19-21-17(27)12(3)22-24-19/h6-10H,5H2,1-4H3,(H,23,28)(H,21,24,27)/b20-10-. The minimum absolute atomic E-state index is 0.0316. The number of aromatic nitrogens is 5. The van der Waals surface area contributed by atoms with Gasteiger partial charge in [0.2, 0.25) is 0 Å². The molecule has 0 saturated heterocycles. The molecule has 0 aliphatic carbocycles. The predicted octanol–water partition coefficient (Wildman–Crippen LogP) is 1.14. The molecule has 3 aromatic rings. The van der Waals surface area contributed by atoms with Gasteiger partial charge in [0, 0.05) is 0 Å². The summed E-state index contributed by atoms with van der Waals surface area (Å²) in [7, 11) is 1.54. The smallest absolute Gasteiger partial charge is 0.290 e. The zero-order valence-electron chi connectivity index (χ0n) is 17.0. The average molecular weight is 411 g/mol. The van der Waals surface area contributed by atoms with Crippen LogP contribution in [-0.2, 0) is 0 Å². The van der Waals surface area contributed by atoms with E-state index < -0.39 is 11.5 Å². The molecule has 0 aliphatic heterocycles. The SMILES string of the molecule is CCOc1ccc(/C=N\NC(=O)c2cc(C)nn2-c2nnc(C)c(=O)[nH]2)cc1OC. The molecule has 2 heterocycles. The molecule has 0 fully saturated rings. The first-order valence-corrected chi connectivity index (χ1v) is 9.07. The Morgan fingerprint density at radius 3 is 2.77 bits per heavy atom. The van der Waals surface area contributed by atoms with Gasteiger partial charge in [-0.2, -0.15) is 14.9 Å². The van der Waals surface area contributed by atoms with E-state index in [2.05, 4.69) is 30.8 Å². The van der Waals surface area contributed by atoms with Gasteiger partial charge in [0.25, 0.3) is 17.4 Å². The number of carbonyl (C=O) groups is 1. The van der Waals surface area contributed by atoms with Gasteiger partial charge >= 0.3 is 0 Å². The number of amides is 1. The van der Waals surface area contributed by atoms with Gasteiger partial charge in [-0.3, -0.25) is 14.6 Å². The number of hydrogen-bond acceptors (Lipinski definition) is 8. The van der Waals surface area contributed by atoms with E-state index in [4.69, 9.17) is 9.47 Å². The van der Waals surface area contributed by atoms with Crippen LogP contribution in [0.2, 0.25) is 0 Å². The van der Waals surface area contributed by atoms with Gasteiger partial charge in [-0.1, -0.05) is 0 Å². The lowest BCUT2D eigenvalue weighted by Gasteiger charge is -2.09. The predicted molar refractivity (Wildman–Crippen MR) is 108 cm³/mol. The number of benzene rings is 1. The summed E-state index contributed by atoms with van der Waals surface area (Å²) in [4.78, 5) is 26.9. The van der Waals surface area contributed by atoms with Crippen molar-refractivity contribution in [3.63, 3.8) is 0 Å². The van der Waals surface area contributed by atoms with E-state index in [1.54, 1.807) is 38.3 Å². The maximum Gasteiger partial charge on any atom is 0.290 e. The first-order chi connectivity index (χ1) is 14.4. The lowest BCUT2D eigenvalue weighted by Crippen LogP contribution is -2.24. The molecule has 0 radical (unpaired) electrons. The number of methoxy groups -OCH3 is 1. The molecular formula is C19H21N7O4. The van der Waals surface area contributed by atoms with E-state index in [0.717, 1.165) is 0 Å². The number of hydrogen-bond donors (Lipinski definition) is 2. The average Bonchev–Trinajstić information content (AvgIpc) is 3.13. The fourth-order valence-corrected chi connectivity index (χ4v) is 2.56. The fraction of sp³-hybridized carbons (Fsp3) is 0.263. The van der Waals surface area contributed by atoms with Gasteiger partial charge in [-0.15, -0.1) is 10.2 Å². The van der Waals surface area contributed by atoms with Crippen LogP contribution in [0, 0.1) is 13.8 Å². The van der Waals surface area contributed by atoms with E-state index >= 15 is 0 Å². The highest BCUT2D eigenvalue weighted by Gasteiger charge is 2.17. The van der Waals surface area contributed by atoms with Gasteiger partial charge in [0.15, 0.2) is 11.5 Å². The van der Waals surface area contributed by atoms with Crippen molar-refractivity contribution in [1.82, 2.24) is 30.4 Å². The zero-order chi connectivity index (χ0) is 21.7. The molecule has 0 aliphatic rings. The Labute approximate surface area is 171 Å². The zero-order valence-corrected chi connectivity index (χ0v) is 17.0. The number of nitrogens with one attached hydrogen (secondary N) is 2. The summed E-state index contributed by atoms with van der Waals surface area (Å²) in [5.41, 5.74) is 3.63. The van der Waals surface area contributed by atoms with Crippen molar-refractivity contribution in [2.45, 2.75) is 20.8 Å². The number of ether oxygens (including phenoxy) is 2. The van der Waals surface area contributed by atoms with Crippen LogP contribution in [0.15, 0.2) is 34.2 Å². The first-order valence-electron chi connectivity index (χ1n) is 9.07. The Hall–Kier alpha value is -4.02. The highest BCUT2D eigenvalue weighted by molar-refractivity contribution is 5.94. The van der Waals surface area contributed by atoms with Crippen LogP contribution in [0.25, 0.3) is 5.95 Å². The molecule has 11 heteroatoms. The van der Waals surface area contributed by atoms with E-state index in [0.29, 0.717) is 29.4 Å². The van der Waals surface area contributed by atoms with Crippen LogP contribution in [0.1, 0.15) is 34.4 Å². The molecule has 1 amide bonds. The molecule has 11 nitrogen and oxygen atoms in total. The van der Waals surface area contributed by atoms with Crippen molar-refractivity contribution in [2.75, 3.05) is 13.7 Å². The molecule has 0 saturated carbocycles. The molecule has 1 aromatic carbocycles.